The predicted octanol–water partition coefficient (Wildman–Crippen LogP) is 0.881. The van der Waals surface area contributed by atoms with Crippen molar-refractivity contribution < 1.29 is 0 Å². The van der Waals surface area contributed by atoms with Gasteiger partial charge in [-0.3, -0.25) is 0 Å². The molecule has 0 aromatic carbocycles. The Morgan fingerprint density at radius 3 is 2.83 bits per heavy atom. The highest BCUT2D eigenvalue weighted by Gasteiger charge is 2.20. The monoisotopic (exact) mass is 164 g/mol. The minimum atomic E-state index is 0.465. The first-order chi connectivity index (χ1) is 5.84. The molecule has 0 aliphatic heterocycles. The third-order valence-corrected chi connectivity index (χ3v) is 1.95. The van der Waals surface area contributed by atoms with Gasteiger partial charge in [-0.05, 0) is 30.9 Å². The molecule has 1 fully saturated rings. The van der Waals surface area contributed by atoms with E-state index in [1.807, 2.05) is 6.07 Å². The molecule has 1 saturated carbocycles. The first kappa shape index (κ1) is 7.34. The van der Waals surface area contributed by atoms with Crippen molar-refractivity contribution in [3.63, 3.8) is 0 Å². The van der Waals surface area contributed by atoms with Crippen LogP contribution in [0.1, 0.15) is 12.8 Å². The first-order valence-electron chi connectivity index (χ1n) is 4.17. The largest absolute Gasteiger partial charge is 0.382 e. The van der Waals surface area contributed by atoms with Gasteiger partial charge in [-0.1, -0.05) is 0 Å². The second-order valence-electron chi connectivity index (χ2n) is 3.17. The maximum Gasteiger partial charge on any atom is 0.148 e. The van der Waals surface area contributed by atoms with E-state index in [0.717, 1.165) is 18.3 Å². The first-order valence-corrected chi connectivity index (χ1v) is 4.17. The van der Waals surface area contributed by atoms with Gasteiger partial charge in [0.25, 0.3) is 0 Å². The van der Waals surface area contributed by atoms with Crippen LogP contribution < -0.4 is 11.1 Å². The summed E-state index contributed by atoms with van der Waals surface area (Å²) < 4.78 is 0. The van der Waals surface area contributed by atoms with Gasteiger partial charge in [-0.25, -0.2) is 0 Å². The average molecular weight is 164 g/mol. The third-order valence-electron chi connectivity index (χ3n) is 1.95. The van der Waals surface area contributed by atoms with Crippen LogP contribution in [0.5, 0.6) is 0 Å². The van der Waals surface area contributed by atoms with E-state index in [1.165, 1.54) is 12.8 Å². The second kappa shape index (κ2) is 2.97. The SMILES string of the molecule is Nc1ccc(NCC2CC2)nn1. The van der Waals surface area contributed by atoms with Crippen molar-refractivity contribution in [3.05, 3.63) is 12.1 Å². The number of nitrogens with two attached hydrogens (primary N) is 1. The van der Waals surface area contributed by atoms with Crippen LogP contribution in [-0.2, 0) is 0 Å². The fourth-order valence-electron chi connectivity index (χ4n) is 1.01. The highest BCUT2D eigenvalue weighted by atomic mass is 15.2. The summed E-state index contributed by atoms with van der Waals surface area (Å²) in [5.74, 6) is 2.13. The van der Waals surface area contributed by atoms with Gasteiger partial charge >= 0.3 is 0 Å². The Kier molecular flexibility index (Phi) is 1.81. The molecule has 1 aliphatic rings. The number of rotatable bonds is 3. The Morgan fingerprint density at radius 1 is 1.42 bits per heavy atom. The van der Waals surface area contributed by atoms with Crippen LogP contribution in [0.25, 0.3) is 0 Å². The van der Waals surface area contributed by atoms with Crippen molar-refractivity contribution in [2.45, 2.75) is 12.8 Å². The standard InChI is InChI=1S/C8H12N4/c9-7-3-4-8(12-11-7)10-5-6-1-2-6/h3-4,6H,1-2,5H2,(H2,9,11)(H,10,12). The zero-order valence-corrected chi connectivity index (χ0v) is 6.83. The van der Waals surface area contributed by atoms with Gasteiger partial charge < -0.3 is 11.1 Å². The van der Waals surface area contributed by atoms with E-state index >= 15 is 0 Å². The Balaban J connectivity index is 1.89. The number of anilines is 2. The molecule has 0 radical (unpaired) electrons. The molecule has 0 amide bonds. The molecule has 0 spiro atoms. The number of hydrogen-bond acceptors (Lipinski definition) is 4. The topological polar surface area (TPSA) is 63.8 Å². The van der Waals surface area contributed by atoms with E-state index in [4.69, 9.17) is 5.73 Å². The van der Waals surface area contributed by atoms with E-state index in [-0.39, 0.29) is 0 Å². The summed E-state index contributed by atoms with van der Waals surface area (Å²) in [5, 5.41) is 10.8. The average Bonchev–Trinajstić information content (AvgIpc) is 2.87. The maximum absolute atomic E-state index is 5.39. The zero-order chi connectivity index (χ0) is 8.39. The molecule has 4 nitrogen and oxygen atoms in total. The van der Waals surface area contributed by atoms with Crippen LogP contribution in [0.4, 0.5) is 11.6 Å². The van der Waals surface area contributed by atoms with Gasteiger partial charge in [-0.2, -0.15) is 0 Å². The predicted molar refractivity (Wildman–Crippen MR) is 47.7 cm³/mol. The summed E-state index contributed by atoms with van der Waals surface area (Å²) in [6.45, 7) is 1.01. The molecule has 1 aromatic heterocycles. The summed E-state index contributed by atoms with van der Waals surface area (Å²) in [6.07, 6.45) is 2.69. The lowest BCUT2D eigenvalue weighted by Gasteiger charge is -2.02. The molecular formula is C8H12N4. The maximum atomic E-state index is 5.39. The van der Waals surface area contributed by atoms with E-state index in [2.05, 4.69) is 15.5 Å². The molecule has 1 aromatic rings. The number of nitrogens with one attached hydrogen (secondary N) is 1. The van der Waals surface area contributed by atoms with Crippen molar-refractivity contribution in [1.29, 1.82) is 0 Å². The van der Waals surface area contributed by atoms with Gasteiger partial charge in [0.15, 0.2) is 0 Å². The Morgan fingerprint density at radius 2 is 2.25 bits per heavy atom. The van der Waals surface area contributed by atoms with Crippen molar-refractivity contribution >= 4 is 11.6 Å². The zero-order valence-electron chi connectivity index (χ0n) is 6.83. The molecule has 12 heavy (non-hydrogen) atoms. The second-order valence-corrected chi connectivity index (χ2v) is 3.17. The Bertz CT molecular complexity index is 252. The van der Waals surface area contributed by atoms with Crippen molar-refractivity contribution in [2.24, 2.45) is 5.92 Å². The third kappa shape index (κ3) is 1.84. The molecule has 4 heteroatoms. The lowest BCUT2D eigenvalue weighted by atomic mass is 10.4. The molecule has 0 atom stereocenters. The van der Waals surface area contributed by atoms with Crippen LogP contribution in [0.15, 0.2) is 12.1 Å². The number of nitrogens with zero attached hydrogens (tertiary/aromatic N) is 2. The molecular weight excluding hydrogens is 152 g/mol. The summed E-state index contributed by atoms with van der Waals surface area (Å²) in [6, 6.07) is 3.60. The van der Waals surface area contributed by atoms with Crippen LogP contribution in [0.2, 0.25) is 0 Å². The van der Waals surface area contributed by atoms with E-state index in [0.29, 0.717) is 5.82 Å². The number of hydrogen-bond donors (Lipinski definition) is 2. The van der Waals surface area contributed by atoms with E-state index < -0.39 is 0 Å². The van der Waals surface area contributed by atoms with Crippen molar-refractivity contribution in [1.82, 2.24) is 10.2 Å². The van der Waals surface area contributed by atoms with Crippen LogP contribution in [0.3, 0.4) is 0 Å². The molecule has 0 unspecified atom stereocenters. The molecule has 64 valence electrons. The Labute approximate surface area is 71.2 Å². The van der Waals surface area contributed by atoms with E-state index in [9.17, 15) is 0 Å². The smallest absolute Gasteiger partial charge is 0.148 e. The van der Waals surface area contributed by atoms with Gasteiger partial charge in [0.1, 0.15) is 11.6 Å². The van der Waals surface area contributed by atoms with Crippen molar-refractivity contribution in [2.75, 3.05) is 17.6 Å². The molecule has 2 rings (SSSR count). The Hall–Kier alpha value is -1.32. The lowest BCUT2D eigenvalue weighted by molar-refractivity contribution is 0.874. The molecule has 0 bridgehead atoms. The normalized spacial score (nSPS) is 16.0. The molecule has 1 heterocycles. The fraction of sp³-hybridized carbons (Fsp3) is 0.500. The summed E-state index contributed by atoms with van der Waals surface area (Å²) in [4.78, 5) is 0. The van der Waals surface area contributed by atoms with Crippen LogP contribution >= 0.6 is 0 Å². The lowest BCUT2D eigenvalue weighted by Crippen LogP contribution is -2.06. The van der Waals surface area contributed by atoms with Gasteiger partial charge in [0.05, 0.1) is 0 Å². The molecule has 3 N–H and O–H groups in total. The summed E-state index contributed by atoms with van der Waals surface area (Å²) in [7, 11) is 0. The molecule has 1 aliphatic carbocycles. The summed E-state index contributed by atoms with van der Waals surface area (Å²) >= 11 is 0. The van der Waals surface area contributed by atoms with E-state index in [1.54, 1.807) is 6.07 Å². The number of aromatic nitrogens is 2. The fourth-order valence-corrected chi connectivity index (χ4v) is 1.01. The highest BCUT2D eigenvalue weighted by Crippen LogP contribution is 2.28. The quantitative estimate of drug-likeness (QED) is 0.696. The van der Waals surface area contributed by atoms with Gasteiger partial charge in [-0.15, -0.1) is 10.2 Å². The summed E-state index contributed by atoms with van der Waals surface area (Å²) in [5.41, 5.74) is 5.39. The molecule has 0 saturated heterocycles. The van der Waals surface area contributed by atoms with Gasteiger partial charge in [0, 0.05) is 6.54 Å². The van der Waals surface area contributed by atoms with Crippen LogP contribution in [0, 0.1) is 5.92 Å². The van der Waals surface area contributed by atoms with Crippen LogP contribution in [-0.4, -0.2) is 16.7 Å². The number of nitrogen functional groups attached to an aromatic ring is 1. The highest BCUT2D eigenvalue weighted by molar-refractivity contribution is 5.38. The minimum Gasteiger partial charge on any atom is -0.382 e. The van der Waals surface area contributed by atoms with Gasteiger partial charge in [0.2, 0.25) is 0 Å². The minimum absolute atomic E-state index is 0.465. The van der Waals surface area contributed by atoms with Crippen molar-refractivity contribution in [3.8, 4) is 0 Å².